The number of methoxy groups -OCH3 is 1. The van der Waals surface area contributed by atoms with Gasteiger partial charge in [0.2, 0.25) is 0 Å². The van der Waals surface area contributed by atoms with Crippen molar-refractivity contribution in [3.05, 3.63) is 33.6 Å². The molecule has 0 aliphatic heterocycles. The summed E-state index contributed by atoms with van der Waals surface area (Å²) >= 11 is 5.22. The summed E-state index contributed by atoms with van der Waals surface area (Å²) < 4.78 is 7.10. The molecule has 0 spiro atoms. The van der Waals surface area contributed by atoms with Crippen molar-refractivity contribution >= 4 is 43.3 Å². The number of nitrogens with two attached hydrogens (primary N) is 1. The average molecular weight is 356 g/mol. The number of carbonyl (C=O) groups is 1. The van der Waals surface area contributed by atoms with Crippen molar-refractivity contribution in [3.8, 4) is 0 Å². The summed E-state index contributed by atoms with van der Waals surface area (Å²) in [5.41, 5.74) is 6.82. The zero-order valence-electron chi connectivity index (χ0n) is 11.8. The molecule has 0 radical (unpaired) electrons. The Morgan fingerprint density at radius 3 is 2.85 bits per heavy atom. The minimum atomic E-state index is -0.589. The van der Waals surface area contributed by atoms with Gasteiger partial charge < -0.3 is 10.5 Å². The Morgan fingerprint density at radius 2 is 2.20 bits per heavy atom. The standard InChI is InChI=1S/C15H18BrNO2S/c1-15(2,14(18)19-3)7-12(17)10-8-20-13-9(10)5-4-6-11(13)16/h4-6,8,12H,7,17H2,1-3H3. The van der Waals surface area contributed by atoms with E-state index < -0.39 is 5.41 Å². The van der Waals surface area contributed by atoms with Crippen molar-refractivity contribution < 1.29 is 9.53 Å². The molecule has 0 aliphatic carbocycles. The van der Waals surface area contributed by atoms with Crippen LogP contribution in [0.25, 0.3) is 10.1 Å². The average Bonchev–Trinajstić information content (AvgIpc) is 2.82. The molecule has 0 saturated carbocycles. The molecular formula is C15H18BrNO2S. The molecule has 0 saturated heterocycles. The molecule has 1 aromatic carbocycles. The maximum atomic E-state index is 11.8. The van der Waals surface area contributed by atoms with Crippen molar-refractivity contribution in [1.29, 1.82) is 0 Å². The molecule has 3 nitrogen and oxygen atoms in total. The van der Waals surface area contributed by atoms with E-state index in [-0.39, 0.29) is 12.0 Å². The van der Waals surface area contributed by atoms with Crippen LogP contribution in [0.3, 0.4) is 0 Å². The molecule has 0 bridgehead atoms. The molecule has 20 heavy (non-hydrogen) atoms. The van der Waals surface area contributed by atoms with Crippen molar-refractivity contribution in [1.82, 2.24) is 0 Å². The monoisotopic (exact) mass is 355 g/mol. The summed E-state index contributed by atoms with van der Waals surface area (Å²) in [6, 6.07) is 5.90. The molecule has 0 aliphatic rings. The number of fused-ring (bicyclic) bond motifs is 1. The Bertz CT molecular complexity index is 636. The molecular weight excluding hydrogens is 338 g/mol. The van der Waals surface area contributed by atoms with E-state index >= 15 is 0 Å². The molecule has 2 rings (SSSR count). The first-order valence-electron chi connectivity index (χ1n) is 6.36. The van der Waals surface area contributed by atoms with Gasteiger partial charge in [0, 0.05) is 15.2 Å². The Balaban J connectivity index is 2.31. The molecule has 5 heteroatoms. The lowest BCUT2D eigenvalue weighted by Gasteiger charge is -2.25. The first kappa shape index (κ1) is 15.5. The normalized spacial score (nSPS) is 13.4. The van der Waals surface area contributed by atoms with E-state index in [0.29, 0.717) is 6.42 Å². The SMILES string of the molecule is COC(=O)C(C)(C)CC(N)c1csc2c(Br)cccc12. The lowest BCUT2D eigenvalue weighted by atomic mass is 9.84. The van der Waals surface area contributed by atoms with Gasteiger partial charge in [-0.3, -0.25) is 4.79 Å². The lowest BCUT2D eigenvalue weighted by molar-refractivity contribution is -0.151. The zero-order valence-corrected chi connectivity index (χ0v) is 14.2. The van der Waals surface area contributed by atoms with Crippen LogP contribution < -0.4 is 5.73 Å². The van der Waals surface area contributed by atoms with Gasteiger partial charge in [-0.25, -0.2) is 0 Å². The van der Waals surface area contributed by atoms with Gasteiger partial charge in [0.15, 0.2) is 0 Å². The number of rotatable bonds is 4. The van der Waals surface area contributed by atoms with Crippen LogP contribution in [0, 0.1) is 5.41 Å². The van der Waals surface area contributed by atoms with Crippen LogP contribution >= 0.6 is 27.3 Å². The van der Waals surface area contributed by atoms with Gasteiger partial charge >= 0.3 is 5.97 Å². The highest BCUT2D eigenvalue weighted by Gasteiger charge is 2.32. The van der Waals surface area contributed by atoms with Crippen molar-refractivity contribution in [2.75, 3.05) is 7.11 Å². The van der Waals surface area contributed by atoms with E-state index in [1.54, 1.807) is 11.3 Å². The number of halogens is 1. The van der Waals surface area contributed by atoms with Gasteiger partial charge in [0.1, 0.15) is 0 Å². The number of hydrogen-bond acceptors (Lipinski definition) is 4. The number of esters is 1. The highest BCUT2D eigenvalue weighted by atomic mass is 79.9. The Kier molecular flexibility index (Phi) is 4.52. The molecule has 1 atom stereocenters. The topological polar surface area (TPSA) is 52.3 Å². The molecule has 0 amide bonds. The van der Waals surface area contributed by atoms with Crippen LogP contribution in [0.15, 0.2) is 28.1 Å². The van der Waals surface area contributed by atoms with E-state index in [1.165, 1.54) is 11.8 Å². The molecule has 1 unspecified atom stereocenters. The number of carbonyl (C=O) groups excluding carboxylic acids is 1. The van der Waals surface area contributed by atoms with Crippen molar-refractivity contribution in [2.45, 2.75) is 26.3 Å². The van der Waals surface area contributed by atoms with Crippen LogP contribution in [-0.4, -0.2) is 13.1 Å². The molecule has 2 N–H and O–H groups in total. The van der Waals surface area contributed by atoms with E-state index in [0.717, 1.165) is 15.4 Å². The summed E-state index contributed by atoms with van der Waals surface area (Å²) in [7, 11) is 1.41. The van der Waals surface area contributed by atoms with Gasteiger partial charge in [-0.15, -0.1) is 11.3 Å². The third-order valence-electron chi connectivity index (χ3n) is 3.45. The number of hydrogen-bond donors (Lipinski definition) is 1. The number of ether oxygens (including phenoxy) is 1. The first-order chi connectivity index (χ1) is 9.36. The largest absolute Gasteiger partial charge is 0.469 e. The fourth-order valence-corrected chi connectivity index (χ4v) is 4.03. The molecule has 2 aromatic rings. The second-order valence-corrected chi connectivity index (χ2v) is 7.23. The number of thiophene rings is 1. The smallest absolute Gasteiger partial charge is 0.311 e. The van der Waals surface area contributed by atoms with E-state index in [4.69, 9.17) is 10.5 Å². The quantitative estimate of drug-likeness (QED) is 0.833. The van der Waals surface area contributed by atoms with Gasteiger partial charge in [0.05, 0.1) is 12.5 Å². The van der Waals surface area contributed by atoms with E-state index in [9.17, 15) is 4.79 Å². The third kappa shape index (κ3) is 2.90. The summed E-state index contributed by atoms with van der Waals surface area (Å²) in [5, 5.41) is 3.23. The second kappa shape index (κ2) is 5.84. The lowest BCUT2D eigenvalue weighted by Crippen LogP contribution is -2.30. The molecule has 0 fully saturated rings. The van der Waals surface area contributed by atoms with Gasteiger partial charge in [-0.2, -0.15) is 0 Å². The van der Waals surface area contributed by atoms with Crippen LogP contribution in [0.1, 0.15) is 31.9 Å². The van der Waals surface area contributed by atoms with Crippen molar-refractivity contribution in [2.24, 2.45) is 11.1 Å². The predicted molar refractivity (Wildman–Crippen MR) is 86.9 cm³/mol. The molecule has 108 valence electrons. The van der Waals surface area contributed by atoms with Crippen LogP contribution in [-0.2, 0) is 9.53 Å². The van der Waals surface area contributed by atoms with Crippen LogP contribution in [0.5, 0.6) is 0 Å². The Labute approximate surface area is 131 Å². The highest BCUT2D eigenvalue weighted by Crippen LogP contribution is 2.38. The third-order valence-corrected chi connectivity index (χ3v) is 5.42. The minimum Gasteiger partial charge on any atom is -0.469 e. The van der Waals surface area contributed by atoms with Gasteiger partial charge in [-0.05, 0) is 58.6 Å². The Hall–Kier alpha value is -0.910. The second-order valence-electron chi connectivity index (χ2n) is 5.49. The van der Waals surface area contributed by atoms with Gasteiger partial charge in [0.25, 0.3) is 0 Å². The molecule has 1 heterocycles. The van der Waals surface area contributed by atoms with Crippen LogP contribution in [0.4, 0.5) is 0 Å². The maximum absolute atomic E-state index is 11.8. The van der Waals surface area contributed by atoms with Gasteiger partial charge in [-0.1, -0.05) is 12.1 Å². The minimum absolute atomic E-state index is 0.188. The Morgan fingerprint density at radius 1 is 1.50 bits per heavy atom. The zero-order chi connectivity index (χ0) is 14.9. The highest BCUT2D eigenvalue weighted by molar-refractivity contribution is 9.10. The van der Waals surface area contributed by atoms with Crippen LogP contribution in [0.2, 0.25) is 0 Å². The fraction of sp³-hybridized carbons (Fsp3) is 0.400. The van der Waals surface area contributed by atoms with E-state index in [2.05, 4.69) is 27.4 Å². The summed E-state index contributed by atoms with van der Waals surface area (Å²) in [4.78, 5) is 11.8. The summed E-state index contributed by atoms with van der Waals surface area (Å²) in [5.74, 6) is -0.228. The van der Waals surface area contributed by atoms with E-state index in [1.807, 2.05) is 26.0 Å². The summed E-state index contributed by atoms with van der Waals surface area (Å²) in [6.45, 7) is 3.73. The van der Waals surface area contributed by atoms with Crippen molar-refractivity contribution in [3.63, 3.8) is 0 Å². The molecule has 1 aromatic heterocycles. The first-order valence-corrected chi connectivity index (χ1v) is 8.03. The predicted octanol–water partition coefficient (Wildman–Crippen LogP) is 4.25. The fourth-order valence-electron chi connectivity index (χ4n) is 2.35. The maximum Gasteiger partial charge on any atom is 0.311 e. The summed E-state index contributed by atoms with van der Waals surface area (Å²) in [6.07, 6.45) is 0.554. The number of benzene rings is 1.